The molecule has 0 saturated carbocycles. The van der Waals surface area contributed by atoms with Gasteiger partial charge in [-0.25, -0.2) is 9.59 Å². The summed E-state index contributed by atoms with van der Waals surface area (Å²) in [5.41, 5.74) is 1.21. The van der Waals surface area contributed by atoms with Crippen molar-refractivity contribution in [3.8, 4) is 6.07 Å². The van der Waals surface area contributed by atoms with Crippen molar-refractivity contribution in [1.29, 1.82) is 5.26 Å². The number of carbonyl (C=O) groups excluding carboxylic acids is 2. The number of hydrogen-bond donors (Lipinski definition) is 1. The van der Waals surface area contributed by atoms with Crippen molar-refractivity contribution in [3.05, 3.63) is 65.7 Å². The number of amides is 1. The Morgan fingerprint density at radius 2 is 1.90 bits per heavy atom. The lowest BCUT2D eigenvalue weighted by molar-refractivity contribution is -0.148. The Morgan fingerprint density at radius 1 is 1.20 bits per heavy atom. The van der Waals surface area contributed by atoms with Crippen LogP contribution >= 0.6 is 0 Å². The van der Waals surface area contributed by atoms with Crippen LogP contribution in [0.2, 0.25) is 0 Å². The maximum Gasteiger partial charge on any atom is 0.410 e. The van der Waals surface area contributed by atoms with Gasteiger partial charge in [0.25, 0.3) is 0 Å². The molecule has 0 radical (unpaired) electrons. The number of likely N-dealkylation sites (tertiary alicyclic amines) is 1. The molecule has 0 bridgehead atoms. The average molecular weight is 407 g/mol. The summed E-state index contributed by atoms with van der Waals surface area (Å²) < 4.78 is 10.5. The molecule has 1 fully saturated rings. The van der Waals surface area contributed by atoms with Gasteiger partial charge < -0.3 is 19.7 Å². The van der Waals surface area contributed by atoms with Crippen molar-refractivity contribution < 1.29 is 19.1 Å². The van der Waals surface area contributed by atoms with Crippen molar-refractivity contribution in [2.24, 2.45) is 0 Å². The van der Waals surface area contributed by atoms with E-state index in [0.717, 1.165) is 5.56 Å². The molecule has 3 rings (SSSR count). The standard InChI is InChI=1S/C23H25N3O4/c1-17-14-23(21(27)29-2,25-20-10-8-18(15-24)9-11-20)12-13-26(17)22(28)30-16-19-6-4-3-5-7-19/h3-11,17,25H,12-14,16H2,1-2H3/t17-,23-/m0/s1. The third-order valence-corrected chi connectivity index (χ3v) is 5.37. The molecular weight excluding hydrogens is 382 g/mol. The Hall–Kier alpha value is -3.53. The molecule has 0 aromatic heterocycles. The molecule has 1 aliphatic heterocycles. The number of nitrogens with one attached hydrogen (secondary N) is 1. The number of piperidine rings is 1. The third-order valence-electron chi connectivity index (χ3n) is 5.37. The third kappa shape index (κ3) is 4.71. The number of carbonyl (C=O) groups is 2. The predicted molar refractivity (Wildman–Crippen MR) is 112 cm³/mol. The average Bonchev–Trinajstić information content (AvgIpc) is 2.78. The van der Waals surface area contributed by atoms with Gasteiger partial charge >= 0.3 is 12.1 Å². The number of rotatable bonds is 5. The molecule has 156 valence electrons. The Bertz CT molecular complexity index is 924. The molecule has 7 heteroatoms. The van der Waals surface area contributed by atoms with Crippen LogP contribution in [0.4, 0.5) is 10.5 Å². The van der Waals surface area contributed by atoms with Crippen LogP contribution in [0.1, 0.15) is 30.9 Å². The summed E-state index contributed by atoms with van der Waals surface area (Å²) in [7, 11) is 1.36. The zero-order chi connectivity index (χ0) is 21.6. The summed E-state index contributed by atoms with van der Waals surface area (Å²) in [6.45, 7) is 2.45. The first-order valence-electron chi connectivity index (χ1n) is 9.81. The van der Waals surface area contributed by atoms with Gasteiger partial charge in [0.1, 0.15) is 12.1 Å². The number of anilines is 1. The number of ether oxygens (including phenoxy) is 2. The van der Waals surface area contributed by atoms with Gasteiger partial charge in [0.05, 0.1) is 18.7 Å². The van der Waals surface area contributed by atoms with Gasteiger partial charge in [0.15, 0.2) is 0 Å². The van der Waals surface area contributed by atoms with Gasteiger partial charge in [-0.15, -0.1) is 0 Å². The largest absolute Gasteiger partial charge is 0.467 e. The van der Waals surface area contributed by atoms with E-state index in [2.05, 4.69) is 11.4 Å². The number of nitrogens with zero attached hydrogens (tertiary/aromatic N) is 2. The second-order valence-corrected chi connectivity index (χ2v) is 7.42. The van der Waals surface area contributed by atoms with Gasteiger partial charge in [-0.3, -0.25) is 0 Å². The fourth-order valence-corrected chi connectivity index (χ4v) is 3.77. The Morgan fingerprint density at radius 3 is 2.50 bits per heavy atom. The van der Waals surface area contributed by atoms with Crippen molar-refractivity contribution >= 4 is 17.7 Å². The summed E-state index contributed by atoms with van der Waals surface area (Å²) in [6, 6.07) is 18.2. The molecule has 0 unspecified atom stereocenters. The van der Waals surface area contributed by atoms with Crippen LogP contribution in [0.3, 0.4) is 0 Å². The van der Waals surface area contributed by atoms with E-state index in [1.165, 1.54) is 7.11 Å². The van der Waals surface area contributed by atoms with E-state index in [1.54, 1.807) is 29.2 Å². The topological polar surface area (TPSA) is 91.7 Å². The minimum absolute atomic E-state index is 0.203. The molecule has 2 aromatic carbocycles. The van der Waals surface area contributed by atoms with E-state index >= 15 is 0 Å². The van der Waals surface area contributed by atoms with Crippen LogP contribution in [0.5, 0.6) is 0 Å². The van der Waals surface area contributed by atoms with E-state index in [4.69, 9.17) is 14.7 Å². The molecule has 2 atom stereocenters. The monoisotopic (exact) mass is 407 g/mol. The van der Waals surface area contributed by atoms with Crippen LogP contribution in [0.25, 0.3) is 0 Å². The van der Waals surface area contributed by atoms with E-state index < -0.39 is 11.6 Å². The minimum atomic E-state index is -0.960. The smallest absolute Gasteiger partial charge is 0.410 e. The Balaban J connectivity index is 1.68. The quantitative estimate of drug-likeness (QED) is 0.760. The van der Waals surface area contributed by atoms with Crippen LogP contribution in [0.15, 0.2) is 54.6 Å². The van der Waals surface area contributed by atoms with Crippen LogP contribution < -0.4 is 5.32 Å². The normalized spacial score (nSPS) is 20.7. The summed E-state index contributed by atoms with van der Waals surface area (Å²) in [5.74, 6) is -0.379. The summed E-state index contributed by atoms with van der Waals surface area (Å²) >= 11 is 0. The molecule has 0 spiro atoms. The fourth-order valence-electron chi connectivity index (χ4n) is 3.77. The fraction of sp³-hybridized carbons (Fsp3) is 0.348. The SMILES string of the molecule is COC(=O)[C@]1(Nc2ccc(C#N)cc2)CCN(C(=O)OCc2ccccc2)[C@@H](C)C1. The first kappa shape index (κ1) is 21.2. The van der Waals surface area contributed by atoms with Gasteiger partial charge in [0.2, 0.25) is 0 Å². The summed E-state index contributed by atoms with van der Waals surface area (Å²) in [6.07, 6.45) is 0.355. The van der Waals surface area contributed by atoms with Gasteiger partial charge in [0, 0.05) is 24.7 Å². The second kappa shape index (κ2) is 9.31. The van der Waals surface area contributed by atoms with Gasteiger partial charge in [-0.1, -0.05) is 30.3 Å². The van der Waals surface area contributed by atoms with Crippen molar-refractivity contribution in [2.75, 3.05) is 19.0 Å². The molecular formula is C23H25N3O4. The Kier molecular flexibility index (Phi) is 6.58. The van der Waals surface area contributed by atoms with Gasteiger partial charge in [-0.2, -0.15) is 5.26 Å². The van der Waals surface area contributed by atoms with Gasteiger partial charge in [-0.05, 0) is 43.2 Å². The lowest BCUT2D eigenvalue weighted by Crippen LogP contribution is -2.59. The van der Waals surface area contributed by atoms with Crippen molar-refractivity contribution in [3.63, 3.8) is 0 Å². The van der Waals surface area contributed by atoms with Crippen molar-refractivity contribution in [2.45, 2.75) is 38.0 Å². The molecule has 1 amide bonds. The number of benzene rings is 2. The van der Waals surface area contributed by atoms with E-state index in [1.807, 2.05) is 37.3 Å². The molecule has 1 saturated heterocycles. The van der Waals surface area contributed by atoms with E-state index in [-0.39, 0.29) is 18.6 Å². The first-order chi connectivity index (χ1) is 14.5. The maximum absolute atomic E-state index is 12.7. The van der Waals surface area contributed by atoms with Crippen LogP contribution in [0, 0.1) is 11.3 Å². The van der Waals surface area contributed by atoms with E-state index in [9.17, 15) is 9.59 Å². The maximum atomic E-state index is 12.7. The molecule has 2 aromatic rings. The summed E-state index contributed by atoms with van der Waals surface area (Å²) in [5, 5.41) is 12.2. The van der Waals surface area contributed by atoms with Crippen LogP contribution in [-0.2, 0) is 20.9 Å². The number of hydrogen-bond acceptors (Lipinski definition) is 6. The Labute approximate surface area is 176 Å². The number of nitriles is 1. The molecule has 7 nitrogen and oxygen atoms in total. The highest BCUT2D eigenvalue weighted by Gasteiger charge is 2.46. The van der Waals surface area contributed by atoms with E-state index in [0.29, 0.717) is 30.6 Å². The molecule has 1 aliphatic rings. The molecule has 1 N–H and O–H groups in total. The highest BCUT2D eigenvalue weighted by Crippen LogP contribution is 2.32. The molecule has 1 heterocycles. The lowest BCUT2D eigenvalue weighted by atomic mass is 9.83. The predicted octanol–water partition coefficient (Wildman–Crippen LogP) is 3.70. The highest BCUT2D eigenvalue weighted by atomic mass is 16.6. The van der Waals surface area contributed by atoms with Crippen LogP contribution in [-0.4, -0.2) is 42.2 Å². The number of esters is 1. The zero-order valence-corrected chi connectivity index (χ0v) is 17.1. The highest BCUT2D eigenvalue weighted by molar-refractivity contribution is 5.85. The lowest BCUT2D eigenvalue weighted by Gasteiger charge is -2.44. The molecule has 0 aliphatic carbocycles. The zero-order valence-electron chi connectivity index (χ0n) is 17.1. The number of methoxy groups -OCH3 is 1. The van der Waals surface area contributed by atoms with Crippen molar-refractivity contribution in [1.82, 2.24) is 4.90 Å². The molecule has 30 heavy (non-hydrogen) atoms. The summed E-state index contributed by atoms with van der Waals surface area (Å²) in [4.78, 5) is 26.9. The second-order valence-electron chi connectivity index (χ2n) is 7.42. The first-order valence-corrected chi connectivity index (χ1v) is 9.81. The minimum Gasteiger partial charge on any atom is -0.467 e.